The van der Waals surface area contributed by atoms with E-state index in [4.69, 9.17) is 32.5 Å². The van der Waals surface area contributed by atoms with E-state index in [1.807, 2.05) is 24.3 Å². The number of pyridine rings is 1. The first-order valence-corrected chi connectivity index (χ1v) is 13.2. The number of benzene rings is 1. The first-order chi connectivity index (χ1) is 17.5. The van der Waals surface area contributed by atoms with Crippen molar-refractivity contribution in [2.75, 3.05) is 0 Å². The number of ether oxygens (including phenoxy) is 1. The molecule has 186 valence electrons. The molecule has 2 bridgehead atoms. The van der Waals surface area contributed by atoms with Crippen molar-refractivity contribution in [3.05, 3.63) is 57.4 Å². The Kier molecular flexibility index (Phi) is 5.36. The third kappa shape index (κ3) is 3.57. The fourth-order valence-corrected chi connectivity index (χ4v) is 6.90. The highest BCUT2D eigenvalue weighted by atomic mass is 35.5. The van der Waals surface area contributed by atoms with Gasteiger partial charge in [-0.15, -0.1) is 5.10 Å². The summed E-state index contributed by atoms with van der Waals surface area (Å²) >= 11 is 13.0. The van der Waals surface area contributed by atoms with Gasteiger partial charge in [-0.2, -0.15) is 0 Å². The molecule has 10 heteroatoms. The number of nitrogens with zero attached hydrogens (tertiary/aromatic N) is 4. The van der Waals surface area contributed by atoms with Crippen LogP contribution in [-0.4, -0.2) is 36.8 Å². The lowest BCUT2D eigenvalue weighted by Gasteiger charge is -2.42. The number of nitrogens with one attached hydrogen (secondary N) is 1. The number of hydrogen-bond donors (Lipinski definition) is 2. The van der Waals surface area contributed by atoms with Gasteiger partial charge in [-0.05, 0) is 68.6 Å². The second-order valence-corrected chi connectivity index (χ2v) is 11.2. The van der Waals surface area contributed by atoms with Gasteiger partial charge in [0.1, 0.15) is 17.0 Å². The summed E-state index contributed by atoms with van der Waals surface area (Å²) in [6, 6.07) is 7.38. The second kappa shape index (κ2) is 8.52. The standard InChI is InChI=1S/C26H25Cl2N5O3/c27-19-2-1-3-20(28)22(19)23-18(24(36-32-23)13-4-5-13)12-35-17-8-14-6-7-15(9-17)26(14,34)16-10-21-25(29-11-16)31-33-30-21/h1-3,10-11,13-15,17,34H,4-9,12H2,(H,29,30,31,33)/t14-,15+,17?,26?. The lowest BCUT2D eigenvalue weighted by Crippen LogP contribution is -2.44. The number of aliphatic hydroxyl groups is 1. The van der Waals surface area contributed by atoms with Crippen LogP contribution in [0.3, 0.4) is 0 Å². The minimum absolute atomic E-state index is 0.0322. The summed E-state index contributed by atoms with van der Waals surface area (Å²) in [7, 11) is 0. The molecule has 4 aromatic rings. The van der Waals surface area contributed by atoms with Crippen molar-refractivity contribution in [1.29, 1.82) is 0 Å². The van der Waals surface area contributed by atoms with E-state index in [-0.39, 0.29) is 17.9 Å². The molecule has 7 rings (SSSR count). The highest BCUT2D eigenvalue weighted by Crippen LogP contribution is 2.56. The van der Waals surface area contributed by atoms with Crippen LogP contribution in [0.2, 0.25) is 10.0 Å². The van der Waals surface area contributed by atoms with Gasteiger partial charge in [-0.3, -0.25) is 5.10 Å². The molecule has 3 aliphatic rings. The summed E-state index contributed by atoms with van der Waals surface area (Å²) in [5, 5.41) is 28.0. The molecule has 3 heterocycles. The van der Waals surface area contributed by atoms with E-state index < -0.39 is 5.60 Å². The molecule has 0 radical (unpaired) electrons. The van der Waals surface area contributed by atoms with Crippen molar-refractivity contribution in [1.82, 2.24) is 25.6 Å². The van der Waals surface area contributed by atoms with E-state index in [0.29, 0.717) is 39.5 Å². The summed E-state index contributed by atoms with van der Waals surface area (Å²) in [4.78, 5) is 4.40. The van der Waals surface area contributed by atoms with Gasteiger partial charge in [-0.1, -0.05) is 39.6 Å². The van der Waals surface area contributed by atoms with Crippen LogP contribution in [0, 0.1) is 11.8 Å². The van der Waals surface area contributed by atoms with Crippen LogP contribution in [0.4, 0.5) is 0 Å². The Morgan fingerprint density at radius 3 is 2.58 bits per heavy atom. The summed E-state index contributed by atoms with van der Waals surface area (Å²) in [6.45, 7) is 0.377. The fourth-order valence-electron chi connectivity index (χ4n) is 6.32. The molecular weight excluding hydrogens is 501 g/mol. The molecule has 0 amide bonds. The molecule has 3 fully saturated rings. The largest absolute Gasteiger partial charge is 0.385 e. The molecule has 0 saturated heterocycles. The molecular formula is C26H25Cl2N5O3. The summed E-state index contributed by atoms with van der Waals surface area (Å²) in [5.41, 5.74) is 3.49. The molecule has 3 saturated carbocycles. The van der Waals surface area contributed by atoms with E-state index in [9.17, 15) is 5.11 Å². The zero-order valence-electron chi connectivity index (χ0n) is 19.5. The minimum atomic E-state index is -0.918. The molecule has 0 spiro atoms. The van der Waals surface area contributed by atoms with E-state index in [1.165, 1.54) is 0 Å². The molecule has 4 atom stereocenters. The number of H-pyrrole nitrogens is 1. The number of aromatic amines is 1. The van der Waals surface area contributed by atoms with Gasteiger partial charge >= 0.3 is 0 Å². The zero-order valence-corrected chi connectivity index (χ0v) is 21.0. The number of rotatable bonds is 6. The quantitative estimate of drug-likeness (QED) is 0.328. The smallest absolute Gasteiger partial charge is 0.201 e. The van der Waals surface area contributed by atoms with E-state index in [0.717, 1.165) is 60.9 Å². The highest BCUT2D eigenvalue weighted by molar-refractivity contribution is 6.39. The van der Waals surface area contributed by atoms with Crippen molar-refractivity contribution in [3.8, 4) is 11.3 Å². The van der Waals surface area contributed by atoms with Gasteiger partial charge in [-0.25, -0.2) is 4.98 Å². The first-order valence-electron chi connectivity index (χ1n) is 12.5. The fraction of sp³-hybridized carbons (Fsp3) is 0.462. The molecule has 2 unspecified atom stereocenters. The van der Waals surface area contributed by atoms with E-state index in [2.05, 4.69) is 25.6 Å². The van der Waals surface area contributed by atoms with Crippen molar-refractivity contribution in [2.24, 2.45) is 11.8 Å². The van der Waals surface area contributed by atoms with Gasteiger partial charge in [0.15, 0.2) is 0 Å². The molecule has 8 nitrogen and oxygen atoms in total. The van der Waals surface area contributed by atoms with Gasteiger partial charge in [0.25, 0.3) is 0 Å². The summed E-state index contributed by atoms with van der Waals surface area (Å²) < 4.78 is 12.3. The molecule has 36 heavy (non-hydrogen) atoms. The predicted octanol–water partition coefficient (Wildman–Crippen LogP) is 5.79. The Morgan fingerprint density at radius 1 is 1.11 bits per heavy atom. The van der Waals surface area contributed by atoms with E-state index in [1.54, 1.807) is 6.20 Å². The Balaban J connectivity index is 1.13. The SMILES string of the molecule is OC1(c2cnc3nn[nH]c3c2)[C@@H]2CC[C@H]1CC(OCc1c(-c3c(Cl)cccc3Cl)noc1C1CC1)C2. The van der Waals surface area contributed by atoms with Crippen LogP contribution in [-0.2, 0) is 16.9 Å². The van der Waals surface area contributed by atoms with Gasteiger partial charge in [0.2, 0.25) is 5.65 Å². The van der Waals surface area contributed by atoms with Gasteiger partial charge < -0.3 is 14.4 Å². The maximum Gasteiger partial charge on any atom is 0.201 e. The molecule has 0 aliphatic heterocycles. The Bertz CT molecular complexity index is 1410. The Labute approximate surface area is 217 Å². The zero-order chi connectivity index (χ0) is 24.4. The van der Waals surface area contributed by atoms with Crippen molar-refractivity contribution >= 4 is 34.4 Å². The maximum absolute atomic E-state index is 11.9. The normalized spacial score (nSPS) is 27.7. The lowest BCUT2D eigenvalue weighted by atomic mass is 9.70. The van der Waals surface area contributed by atoms with Crippen LogP contribution < -0.4 is 0 Å². The molecule has 3 aromatic heterocycles. The van der Waals surface area contributed by atoms with Crippen molar-refractivity contribution in [2.45, 2.75) is 62.8 Å². The van der Waals surface area contributed by atoms with Crippen LogP contribution >= 0.6 is 23.2 Å². The monoisotopic (exact) mass is 525 g/mol. The number of halogens is 2. The van der Waals surface area contributed by atoms with Crippen molar-refractivity contribution < 1.29 is 14.4 Å². The molecule has 3 aliphatic carbocycles. The predicted molar refractivity (Wildman–Crippen MR) is 134 cm³/mol. The van der Waals surface area contributed by atoms with Gasteiger partial charge in [0, 0.05) is 28.8 Å². The Hall–Kier alpha value is -2.52. The topological polar surface area (TPSA) is 110 Å². The van der Waals surface area contributed by atoms with Crippen LogP contribution in [0.1, 0.15) is 61.3 Å². The summed E-state index contributed by atoms with van der Waals surface area (Å²) in [6.07, 6.45) is 7.42. The van der Waals surface area contributed by atoms with Crippen LogP contribution in [0.25, 0.3) is 22.4 Å². The summed E-state index contributed by atoms with van der Waals surface area (Å²) in [5.74, 6) is 1.44. The third-order valence-electron chi connectivity index (χ3n) is 8.28. The third-order valence-corrected chi connectivity index (χ3v) is 8.91. The average Bonchev–Trinajstić information content (AvgIpc) is 3.42. The van der Waals surface area contributed by atoms with Crippen molar-refractivity contribution in [3.63, 3.8) is 0 Å². The number of aromatic nitrogens is 5. The van der Waals surface area contributed by atoms with Crippen LogP contribution in [0.5, 0.6) is 0 Å². The highest BCUT2D eigenvalue weighted by Gasteiger charge is 2.54. The van der Waals surface area contributed by atoms with Gasteiger partial charge in [0.05, 0.1) is 28.4 Å². The maximum atomic E-state index is 11.9. The van der Waals surface area contributed by atoms with E-state index >= 15 is 0 Å². The lowest BCUT2D eigenvalue weighted by molar-refractivity contribution is -0.116. The minimum Gasteiger partial charge on any atom is -0.385 e. The molecule has 2 N–H and O–H groups in total. The number of hydrogen-bond acceptors (Lipinski definition) is 7. The molecule has 1 aromatic carbocycles. The second-order valence-electron chi connectivity index (χ2n) is 10.4. The average molecular weight is 526 g/mol. The number of fused-ring (bicyclic) bond motifs is 3. The Morgan fingerprint density at radius 2 is 1.86 bits per heavy atom. The first kappa shape index (κ1) is 22.7. The van der Waals surface area contributed by atoms with Crippen LogP contribution in [0.15, 0.2) is 35.0 Å².